The predicted octanol–water partition coefficient (Wildman–Crippen LogP) is 6.52. The maximum absolute atomic E-state index is 4.95. The molecule has 0 spiro atoms. The molecule has 0 heterocycles. The minimum atomic E-state index is 1.13. The standard InChI is InChI=1S/C23H31N/c1-12-14(3)18(7)22(19(8)15(12)4)11-24-23-20(9)16(5)13(2)17(6)21(23)10/h11H,1-10H3. The number of nitrogens with zero attached hydrogens (tertiary/aromatic N) is 1. The fourth-order valence-electron chi connectivity index (χ4n) is 3.53. The van der Waals surface area contributed by atoms with Gasteiger partial charge in [-0.25, -0.2) is 0 Å². The zero-order chi connectivity index (χ0) is 18.3. The summed E-state index contributed by atoms with van der Waals surface area (Å²) in [7, 11) is 0. The van der Waals surface area contributed by atoms with Crippen molar-refractivity contribution >= 4 is 11.9 Å². The van der Waals surface area contributed by atoms with Crippen LogP contribution in [0.25, 0.3) is 0 Å². The van der Waals surface area contributed by atoms with Gasteiger partial charge in [-0.2, -0.15) is 0 Å². The molecule has 0 bridgehead atoms. The van der Waals surface area contributed by atoms with Gasteiger partial charge >= 0.3 is 0 Å². The molecule has 0 N–H and O–H groups in total. The van der Waals surface area contributed by atoms with Crippen LogP contribution in [0.4, 0.5) is 5.69 Å². The lowest BCUT2D eigenvalue weighted by Crippen LogP contribution is -2.02. The van der Waals surface area contributed by atoms with E-state index >= 15 is 0 Å². The van der Waals surface area contributed by atoms with Gasteiger partial charge in [0.25, 0.3) is 0 Å². The van der Waals surface area contributed by atoms with Crippen LogP contribution in [0, 0.1) is 69.2 Å². The maximum atomic E-state index is 4.95. The van der Waals surface area contributed by atoms with Gasteiger partial charge < -0.3 is 0 Å². The summed E-state index contributed by atoms with van der Waals surface area (Å²) in [6.45, 7) is 22.0. The average Bonchev–Trinajstić information content (AvgIpc) is 2.57. The van der Waals surface area contributed by atoms with E-state index < -0.39 is 0 Å². The van der Waals surface area contributed by atoms with Crippen LogP contribution in [-0.4, -0.2) is 6.21 Å². The van der Waals surface area contributed by atoms with Crippen LogP contribution in [0.1, 0.15) is 61.2 Å². The highest BCUT2D eigenvalue weighted by Crippen LogP contribution is 2.33. The molecule has 24 heavy (non-hydrogen) atoms. The maximum Gasteiger partial charge on any atom is 0.0693 e. The lowest BCUT2D eigenvalue weighted by atomic mass is 9.90. The number of rotatable bonds is 2. The largest absolute Gasteiger partial charge is 0.256 e. The molecule has 128 valence electrons. The second kappa shape index (κ2) is 6.55. The van der Waals surface area contributed by atoms with E-state index in [4.69, 9.17) is 4.99 Å². The van der Waals surface area contributed by atoms with E-state index in [-0.39, 0.29) is 0 Å². The second-order valence-corrected chi connectivity index (χ2v) is 7.27. The summed E-state index contributed by atoms with van der Waals surface area (Å²) in [5, 5.41) is 0. The molecule has 0 fully saturated rings. The Morgan fingerprint density at radius 2 is 0.708 bits per heavy atom. The molecule has 0 radical (unpaired) electrons. The summed E-state index contributed by atoms with van der Waals surface area (Å²) < 4.78 is 0. The second-order valence-electron chi connectivity index (χ2n) is 7.27. The summed E-state index contributed by atoms with van der Waals surface area (Å²) in [6.07, 6.45) is 2.08. The molecule has 0 aliphatic heterocycles. The van der Waals surface area contributed by atoms with Crippen molar-refractivity contribution in [2.75, 3.05) is 0 Å². The topological polar surface area (TPSA) is 12.4 Å². The molecular formula is C23H31N. The lowest BCUT2D eigenvalue weighted by molar-refractivity contribution is 1.16. The van der Waals surface area contributed by atoms with E-state index in [2.05, 4.69) is 75.5 Å². The zero-order valence-electron chi connectivity index (χ0n) is 17.0. The van der Waals surface area contributed by atoms with Gasteiger partial charge in [-0.3, -0.25) is 4.99 Å². The van der Waals surface area contributed by atoms with E-state index in [1.807, 2.05) is 0 Å². The Hall–Kier alpha value is -1.89. The Morgan fingerprint density at radius 1 is 0.417 bits per heavy atom. The quantitative estimate of drug-likeness (QED) is 0.558. The SMILES string of the molecule is Cc1c(C)c(C)c(C=Nc2c(C)c(C)c(C)c(C)c2C)c(C)c1C. The third-order valence-electron chi connectivity index (χ3n) is 6.34. The van der Waals surface area contributed by atoms with Crippen LogP contribution in [0.5, 0.6) is 0 Å². The monoisotopic (exact) mass is 321 g/mol. The Bertz CT molecular complexity index is 722. The van der Waals surface area contributed by atoms with Crippen molar-refractivity contribution in [2.45, 2.75) is 69.2 Å². The van der Waals surface area contributed by atoms with Gasteiger partial charge in [-0.05, 0) is 130 Å². The molecule has 0 aromatic heterocycles. The highest BCUT2D eigenvalue weighted by atomic mass is 14.7. The van der Waals surface area contributed by atoms with Gasteiger partial charge in [-0.15, -0.1) is 0 Å². The van der Waals surface area contributed by atoms with E-state index in [0.29, 0.717) is 0 Å². The molecule has 0 saturated heterocycles. The van der Waals surface area contributed by atoms with Gasteiger partial charge in [-0.1, -0.05) is 0 Å². The molecule has 0 amide bonds. The van der Waals surface area contributed by atoms with Crippen LogP contribution in [0.15, 0.2) is 4.99 Å². The fraction of sp³-hybridized carbons (Fsp3) is 0.435. The van der Waals surface area contributed by atoms with Crippen molar-refractivity contribution < 1.29 is 0 Å². The van der Waals surface area contributed by atoms with Crippen molar-refractivity contribution in [3.05, 3.63) is 61.2 Å². The van der Waals surface area contributed by atoms with Crippen LogP contribution in [0.3, 0.4) is 0 Å². The van der Waals surface area contributed by atoms with Gasteiger partial charge in [0.05, 0.1) is 5.69 Å². The smallest absolute Gasteiger partial charge is 0.0693 e. The highest BCUT2D eigenvalue weighted by Gasteiger charge is 2.13. The van der Waals surface area contributed by atoms with E-state index in [0.717, 1.165) is 5.69 Å². The number of benzene rings is 2. The van der Waals surface area contributed by atoms with Crippen molar-refractivity contribution in [2.24, 2.45) is 4.99 Å². The van der Waals surface area contributed by atoms with Crippen molar-refractivity contribution in [3.8, 4) is 0 Å². The number of hydrogen-bond acceptors (Lipinski definition) is 1. The third-order valence-corrected chi connectivity index (χ3v) is 6.34. The Morgan fingerprint density at radius 3 is 1.08 bits per heavy atom. The summed E-state index contributed by atoms with van der Waals surface area (Å²) in [4.78, 5) is 4.95. The van der Waals surface area contributed by atoms with Gasteiger partial charge in [0.15, 0.2) is 0 Å². The molecule has 0 atom stereocenters. The lowest BCUT2D eigenvalue weighted by Gasteiger charge is -2.18. The van der Waals surface area contributed by atoms with Crippen LogP contribution < -0.4 is 0 Å². The first-order chi connectivity index (χ1) is 11.1. The number of aliphatic imine (C=N–C) groups is 1. The minimum absolute atomic E-state index is 1.13. The Labute approximate surface area is 147 Å². The van der Waals surface area contributed by atoms with Crippen molar-refractivity contribution in [1.82, 2.24) is 0 Å². The summed E-state index contributed by atoms with van der Waals surface area (Å²) >= 11 is 0. The highest BCUT2D eigenvalue weighted by molar-refractivity contribution is 5.88. The number of hydrogen-bond donors (Lipinski definition) is 0. The molecular weight excluding hydrogens is 290 g/mol. The molecule has 0 unspecified atom stereocenters. The van der Waals surface area contributed by atoms with Gasteiger partial charge in [0, 0.05) is 6.21 Å². The molecule has 2 rings (SSSR count). The minimum Gasteiger partial charge on any atom is -0.256 e. The first kappa shape index (κ1) is 18.4. The molecule has 1 heteroatoms. The van der Waals surface area contributed by atoms with Crippen molar-refractivity contribution in [1.29, 1.82) is 0 Å². The third kappa shape index (κ3) is 2.81. The first-order valence-corrected chi connectivity index (χ1v) is 8.77. The molecule has 0 saturated carbocycles. The molecule has 1 nitrogen and oxygen atoms in total. The van der Waals surface area contributed by atoms with E-state index in [1.54, 1.807) is 0 Å². The Balaban J connectivity index is 2.67. The average molecular weight is 322 g/mol. The molecule has 2 aromatic carbocycles. The summed E-state index contributed by atoms with van der Waals surface area (Å²) in [5.41, 5.74) is 15.9. The van der Waals surface area contributed by atoms with Crippen LogP contribution >= 0.6 is 0 Å². The normalized spacial score (nSPS) is 11.6. The summed E-state index contributed by atoms with van der Waals surface area (Å²) in [6, 6.07) is 0. The molecule has 0 aliphatic carbocycles. The Kier molecular flexibility index (Phi) is 5.03. The summed E-state index contributed by atoms with van der Waals surface area (Å²) in [5.74, 6) is 0. The van der Waals surface area contributed by atoms with E-state index in [9.17, 15) is 0 Å². The molecule has 2 aromatic rings. The van der Waals surface area contributed by atoms with E-state index in [1.165, 1.54) is 61.2 Å². The zero-order valence-corrected chi connectivity index (χ0v) is 17.0. The van der Waals surface area contributed by atoms with Crippen LogP contribution in [-0.2, 0) is 0 Å². The van der Waals surface area contributed by atoms with Crippen molar-refractivity contribution in [3.63, 3.8) is 0 Å². The fourth-order valence-corrected chi connectivity index (χ4v) is 3.53. The molecule has 0 aliphatic rings. The van der Waals surface area contributed by atoms with Gasteiger partial charge in [0.2, 0.25) is 0 Å². The first-order valence-electron chi connectivity index (χ1n) is 8.77. The van der Waals surface area contributed by atoms with Gasteiger partial charge in [0.1, 0.15) is 0 Å². The van der Waals surface area contributed by atoms with Crippen LogP contribution in [0.2, 0.25) is 0 Å². The predicted molar refractivity (Wildman–Crippen MR) is 108 cm³/mol.